The van der Waals surface area contributed by atoms with E-state index >= 15 is 0 Å². The Balaban J connectivity index is 2.24. The molecule has 6 heteroatoms. The van der Waals surface area contributed by atoms with Crippen molar-refractivity contribution in [2.75, 3.05) is 12.4 Å². The molecule has 0 saturated carbocycles. The molecule has 0 aromatic heterocycles. The first-order valence-electron chi connectivity index (χ1n) is 7.53. The molecule has 0 spiro atoms. The van der Waals surface area contributed by atoms with Crippen molar-refractivity contribution in [1.82, 2.24) is 0 Å². The number of halogens is 2. The largest absolute Gasteiger partial charge is 0.494 e. The Morgan fingerprint density at radius 1 is 1.24 bits per heavy atom. The lowest BCUT2D eigenvalue weighted by atomic mass is 10.1. The first-order chi connectivity index (χ1) is 12.0. The van der Waals surface area contributed by atoms with Gasteiger partial charge in [0.1, 0.15) is 17.4 Å². The number of carbonyl (C=O) groups is 1. The lowest BCUT2D eigenvalue weighted by Crippen LogP contribution is -2.13. The number of ether oxygens (including phenoxy) is 1. The van der Waals surface area contributed by atoms with Crippen LogP contribution in [0, 0.1) is 11.3 Å². The number of benzene rings is 2. The summed E-state index contributed by atoms with van der Waals surface area (Å²) in [6, 6.07) is 13.1. The van der Waals surface area contributed by atoms with Crippen molar-refractivity contribution in [1.29, 1.82) is 5.26 Å². The molecule has 128 valence electrons. The molecule has 0 radical (unpaired) electrons. The molecular formula is C19H16Br2N2O2. The molecule has 0 aliphatic carbocycles. The van der Waals surface area contributed by atoms with Gasteiger partial charge in [0, 0.05) is 5.69 Å². The first-order valence-corrected chi connectivity index (χ1v) is 9.12. The summed E-state index contributed by atoms with van der Waals surface area (Å²) in [7, 11) is 1.57. The zero-order valence-corrected chi connectivity index (χ0v) is 16.9. The predicted molar refractivity (Wildman–Crippen MR) is 106 cm³/mol. The highest BCUT2D eigenvalue weighted by Crippen LogP contribution is 2.35. The molecule has 2 aromatic carbocycles. The van der Waals surface area contributed by atoms with Crippen LogP contribution in [0.3, 0.4) is 0 Å². The molecule has 0 aliphatic heterocycles. The van der Waals surface area contributed by atoms with Crippen LogP contribution in [0.15, 0.2) is 50.9 Å². The third kappa shape index (κ3) is 4.94. The monoisotopic (exact) mass is 462 g/mol. The van der Waals surface area contributed by atoms with Crippen LogP contribution in [0.2, 0.25) is 0 Å². The predicted octanol–water partition coefficient (Wildman–Crippen LogP) is 5.33. The van der Waals surface area contributed by atoms with Gasteiger partial charge in [0.25, 0.3) is 5.91 Å². The number of hydrogen-bond donors (Lipinski definition) is 1. The number of aryl methyl sites for hydroxylation is 1. The highest BCUT2D eigenvalue weighted by molar-refractivity contribution is 9.11. The van der Waals surface area contributed by atoms with E-state index in [-0.39, 0.29) is 5.57 Å². The summed E-state index contributed by atoms with van der Waals surface area (Å²) in [5.74, 6) is 0.200. The molecule has 0 saturated heterocycles. The van der Waals surface area contributed by atoms with Crippen LogP contribution in [0.25, 0.3) is 6.08 Å². The quantitative estimate of drug-likeness (QED) is 0.481. The highest BCUT2D eigenvalue weighted by atomic mass is 79.9. The van der Waals surface area contributed by atoms with Crippen molar-refractivity contribution in [3.63, 3.8) is 0 Å². The molecule has 4 nitrogen and oxygen atoms in total. The number of methoxy groups -OCH3 is 1. The number of rotatable bonds is 5. The van der Waals surface area contributed by atoms with Gasteiger partial charge in [-0.3, -0.25) is 4.79 Å². The van der Waals surface area contributed by atoms with E-state index in [0.29, 0.717) is 17.0 Å². The van der Waals surface area contributed by atoms with E-state index in [0.717, 1.165) is 15.4 Å². The van der Waals surface area contributed by atoms with Crippen LogP contribution in [0.5, 0.6) is 5.75 Å². The first kappa shape index (κ1) is 19.2. The summed E-state index contributed by atoms with van der Waals surface area (Å²) in [6.07, 6.45) is 2.46. The number of amides is 1. The van der Waals surface area contributed by atoms with Crippen molar-refractivity contribution in [3.05, 3.63) is 62.0 Å². The van der Waals surface area contributed by atoms with Gasteiger partial charge in [0.15, 0.2) is 0 Å². The number of nitrogens with zero attached hydrogens (tertiary/aromatic N) is 1. The van der Waals surface area contributed by atoms with Crippen LogP contribution in [-0.2, 0) is 11.2 Å². The van der Waals surface area contributed by atoms with Gasteiger partial charge in [-0.15, -0.1) is 0 Å². The van der Waals surface area contributed by atoms with Gasteiger partial charge >= 0.3 is 0 Å². The standard InChI is InChI=1S/C19H16Br2N2O2/c1-3-12-4-6-15(7-5-12)23-19(24)14(11-22)8-13-9-16(20)18(25-2)17(21)10-13/h4-10H,3H2,1-2H3,(H,23,24)/b14-8+. The fourth-order valence-corrected chi connectivity index (χ4v) is 3.74. The Morgan fingerprint density at radius 2 is 1.84 bits per heavy atom. The maximum Gasteiger partial charge on any atom is 0.266 e. The molecule has 0 aliphatic rings. The lowest BCUT2D eigenvalue weighted by Gasteiger charge is -2.08. The van der Waals surface area contributed by atoms with Crippen LogP contribution in [-0.4, -0.2) is 13.0 Å². The fraction of sp³-hybridized carbons (Fsp3) is 0.158. The van der Waals surface area contributed by atoms with Gasteiger partial charge < -0.3 is 10.1 Å². The Kier molecular flexibility index (Phi) is 6.80. The molecule has 1 amide bonds. The molecule has 2 rings (SSSR count). The lowest BCUT2D eigenvalue weighted by molar-refractivity contribution is -0.112. The van der Waals surface area contributed by atoms with Gasteiger partial charge in [-0.1, -0.05) is 19.1 Å². The van der Waals surface area contributed by atoms with E-state index in [1.54, 1.807) is 19.2 Å². The average Bonchev–Trinajstić information content (AvgIpc) is 2.60. The van der Waals surface area contributed by atoms with E-state index < -0.39 is 5.91 Å². The third-order valence-electron chi connectivity index (χ3n) is 3.52. The zero-order chi connectivity index (χ0) is 18.4. The summed E-state index contributed by atoms with van der Waals surface area (Å²) in [6.45, 7) is 2.06. The summed E-state index contributed by atoms with van der Waals surface area (Å²) in [5.41, 5.74) is 2.55. The number of nitrogens with one attached hydrogen (secondary N) is 1. The van der Waals surface area contributed by atoms with Crippen LogP contribution in [0.4, 0.5) is 5.69 Å². The number of nitriles is 1. The molecule has 0 bridgehead atoms. The molecule has 25 heavy (non-hydrogen) atoms. The maximum atomic E-state index is 12.3. The highest BCUT2D eigenvalue weighted by Gasteiger charge is 2.12. The van der Waals surface area contributed by atoms with E-state index in [9.17, 15) is 10.1 Å². The fourth-order valence-electron chi connectivity index (χ4n) is 2.20. The number of carbonyl (C=O) groups excluding carboxylic acids is 1. The second-order valence-electron chi connectivity index (χ2n) is 5.19. The van der Waals surface area contributed by atoms with E-state index in [1.807, 2.05) is 30.3 Å². The Morgan fingerprint density at radius 3 is 2.32 bits per heavy atom. The Labute approximate surface area is 163 Å². The molecule has 0 heterocycles. The molecule has 1 N–H and O–H groups in total. The summed E-state index contributed by atoms with van der Waals surface area (Å²) in [4.78, 5) is 12.3. The van der Waals surface area contributed by atoms with Crippen molar-refractivity contribution in [2.45, 2.75) is 13.3 Å². The van der Waals surface area contributed by atoms with Gasteiger partial charge in [-0.05, 0) is 79.7 Å². The number of anilines is 1. The van der Waals surface area contributed by atoms with Crippen molar-refractivity contribution >= 4 is 49.5 Å². The minimum atomic E-state index is -0.449. The average molecular weight is 464 g/mol. The van der Waals surface area contributed by atoms with Gasteiger partial charge in [0.2, 0.25) is 0 Å². The second kappa shape index (κ2) is 8.84. The van der Waals surface area contributed by atoms with Crippen LogP contribution >= 0.6 is 31.9 Å². The smallest absolute Gasteiger partial charge is 0.266 e. The minimum Gasteiger partial charge on any atom is -0.494 e. The number of hydrogen-bond acceptors (Lipinski definition) is 3. The van der Waals surface area contributed by atoms with E-state index in [1.165, 1.54) is 11.6 Å². The van der Waals surface area contributed by atoms with Gasteiger partial charge in [-0.25, -0.2) is 0 Å². The second-order valence-corrected chi connectivity index (χ2v) is 6.90. The minimum absolute atomic E-state index is 0.0172. The van der Waals surface area contributed by atoms with Gasteiger partial charge in [-0.2, -0.15) is 5.26 Å². The summed E-state index contributed by atoms with van der Waals surface area (Å²) >= 11 is 6.81. The normalized spacial score (nSPS) is 10.9. The topological polar surface area (TPSA) is 62.1 Å². The van der Waals surface area contributed by atoms with Crippen LogP contribution in [0.1, 0.15) is 18.1 Å². The Bertz CT molecular complexity index is 830. The SMILES string of the molecule is CCc1ccc(NC(=O)/C(C#N)=C/c2cc(Br)c(OC)c(Br)c2)cc1. The molecule has 2 aromatic rings. The maximum absolute atomic E-state index is 12.3. The summed E-state index contributed by atoms with van der Waals surface area (Å²) in [5, 5.41) is 12.1. The zero-order valence-electron chi connectivity index (χ0n) is 13.8. The molecule has 0 atom stereocenters. The van der Waals surface area contributed by atoms with Crippen molar-refractivity contribution < 1.29 is 9.53 Å². The molecule has 0 unspecified atom stereocenters. The van der Waals surface area contributed by atoms with E-state index in [2.05, 4.69) is 44.1 Å². The molecular weight excluding hydrogens is 448 g/mol. The van der Waals surface area contributed by atoms with E-state index in [4.69, 9.17) is 4.74 Å². The van der Waals surface area contributed by atoms with Crippen molar-refractivity contribution in [3.8, 4) is 11.8 Å². The summed E-state index contributed by atoms with van der Waals surface area (Å²) < 4.78 is 6.70. The van der Waals surface area contributed by atoms with Gasteiger partial charge in [0.05, 0.1) is 16.1 Å². The molecule has 0 fully saturated rings. The van der Waals surface area contributed by atoms with Crippen molar-refractivity contribution in [2.24, 2.45) is 0 Å². The third-order valence-corrected chi connectivity index (χ3v) is 4.70. The van der Waals surface area contributed by atoms with Crippen LogP contribution < -0.4 is 10.1 Å². The Hall–Kier alpha value is -2.10.